The lowest BCUT2D eigenvalue weighted by molar-refractivity contribution is 0.546. The lowest BCUT2D eigenvalue weighted by Gasteiger charge is -2.11. The molecule has 0 bridgehead atoms. The van der Waals surface area contributed by atoms with Gasteiger partial charge >= 0.3 is 0 Å². The van der Waals surface area contributed by atoms with E-state index in [1.807, 2.05) is 18.4 Å². The number of nitrogens with two attached hydrogens (primary N) is 1. The van der Waals surface area contributed by atoms with Gasteiger partial charge in [0.25, 0.3) is 0 Å². The molecule has 3 rings (SSSR count). The topological polar surface area (TPSA) is 90.9 Å². The van der Waals surface area contributed by atoms with Crippen molar-refractivity contribution in [2.24, 2.45) is 0 Å². The van der Waals surface area contributed by atoms with Crippen molar-refractivity contribution in [2.45, 2.75) is 44.6 Å². The van der Waals surface area contributed by atoms with Crippen molar-refractivity contribution >= 4 is 26.7 Å². The molecule has 0 saturated heterocycles. The molecule has 0 aliphatic rings. The highest BCUT2D eigenvalue weighted by atomic mass is 32.2. The number of nitrogens with zero attached hydrogens (tertiary/aromatic N) is 3. The molecule has 0 radical (unpaired) electrons. The average molecular weight is 408 g/mol. The normalized spacial score (nSPS) is 12.0. The molecule has 0 amide bonds. The highest BCUT2D eigenvalue weighted by Gasteiger charge is 2.21. The zero-order chi connectivity index (χ0) is 20.5. The third-order valence-electron chi connectivity index (χ3n) is 4.56. The zero-order valence-corrected chi connectivity index (χ0v) is 16.6. The highest BCUT2D eigenvalue weighted by molar-refractivity contribution is 7.91. The molecule has 28 heavy (non-hydrogen) atoms. The maximum atomic E-state index is 13.9. The number of benzene rings is 1. The van der Waals surface area contributed by atoms with E-state index in [0.717, 1.165) is 35.5 Å². The quantitative estimate of drug-likeness (QED) is 0.605. The summed E-state index contributed by atoms with van der Waals surface area (Å²) >= 11 is 0. The number of nitrogen functional groups attached to an aromatic ring is 1. The van der Waals surface area contributed by atoms with E-state index >= 15 is 0 Å². The summed E-state index contributed by atoms with van der Waals surface area (Å²) in [6, 6.07) is 2.48. The number of imidazole rings is 1. The van der Waals surface area contributed by atoms with Crippen LogP contribution in [0.5, 0.6) is 0 Å². The number of aryl methyl sites for hydroxylation is 3. The molecule has 9 heteroatoms. The van der Waals surface area contributed by atoms with Crippen molar-refractivity contribution in [1.29, 1.82) is 0 Å². The monoisotopic (exact) mass is 408 g/mol. The van der Waals surface area contributed by atoms with Crippen molar-refractivity contribution < 1.29 is 17.2 Å². The summed E-state index contributed by atoms with van der Waals surface area (Å²) in [5.74, 6) is -1.01. The fraction of sp³-hybridized carbons (Fsp3) is 0.368. The van der Waals surface area contributed by atoms with Crippen molar-refractivity contribution in [3.63, 3.8) is 0 Å². The van der Waals surface area contributed by atoms with Gasteiger partial charge in [-0.15, -0.1) is 0 Å². The molecule has 0 atom stereocenters. The number of aromatic nitrogens is 3. The van der Waals surface area contributed by atoms with Crippen molar-refractivity contribution in [3.8, 4) is 0 Å². The number of rotatable bonds is 7. The Bertz CT molecular complexity index is 1130. The van der Waals surface area contributed by atoms with Crippen molar-refractivity contribution in [1.82, 2.24) is 14.5 Å². The van der Waals surface area contributed by atoms with E-state index in [2.05, 4.69) is 9.97 Å². The number of hydrogen-bond donors (Lipinski definition) is 1. The molecule has 3 aromatic rings. The molecule has 0 unspecified atom stereocenters. The number of hydrogen-bond acceptors (Lipinski definition) is 5. The van der Waals surface area contributed by atoms with E-state index in [0.29, 0.717) is 30.4 Å². The van der Waals surface area contributed by atoms with Gasteiger partial charge in [0, 0.05) is 25.2 Å². The van der Waals surface area contributed by atoms with Crippen LogP contribution in [-0.4, -0.2) is 28.7 Å². The Balaban J connectivity index is 1.87. The molecular weight excluding hydrogens is 386 g/mol. The molecule has 6 nitrogen and oxygen atoms in total. The SMILES string of the molecule is CCCc1nc2c(N)ncc(C)c2n1CCCS(=O)(=O)c1ccc(F)cc1F. The summed E-state index contributed by atoms with van der Waals surface area (Å²) in [7, 11) is -3.87. The van der Waals surface area contributed by atoms with Gasteiger partial charge in [0.2, 0.25) is 0 Å². The molecule has 0 fully saturated rings. The van der Waals surface area contributed by atoms with Gasteiger partial charge in [0.15, 0.2) is 15.7 Å². The van der Waals surface area contributed by atoms with Gasteiger partial charge in [-0.3, -0.25) is 0 Å². The van der Waals surface area contributed by atoms with Crippen LogP contribution in [-0.2, 0) is 22.8 Å². The van der Waals surface area contributed by atoms with Gasteiger partial charge in [-0.1, -0.05) is 6.92 Å². The number of pyridine rings is 1. The number of halogens is 2. The Hall–Kier alpha value is -2.55. The van der Waals surface area contributed by atoms with Crippen molar-refractivity contribution in [3.05, 3.63) is 47.4 Å². The van der Waals surface area contributed by atoms with Gasteiger partial charge in [-0.2, -0.15) is 0 Å². The van der Waals surface area contributed by atoms with E-state index in [-0.39, 0.29) is 12.2 Å². The number of anilines is 1. The second kappa shape index (κ2) is 7.83. The third-order valence-corrected chi connectivity index (χ3v) is 6.38. The van der Waals surface area contributed by atoms with Crippen LogP contribution in [0.4, 0.5) is 14.6 Å². The molecular formula is C19H22F2N4O2S. The first-order chi connectivity index (χ1) is 13.2. The van der Waals surface area contributed by atoms with E-state index in [9.17, 15) is 17.2 Å². The Morgan fingerprint density at radius 2 is 2.00 bits per heavy atom. The number of sulfone groups is 1. The lowest BCUT2D eigenvalue weighted by atomic mass is 10.2. The van der Waals surface area contributed by atoms with E-state index in [1.165, 1.54) is 0 Å². The first kappa shape index (κ1) is 20.2. The standard InChI is InChI=1S/C19H22F2N4O2S/c1-3-5-16-24-17-18(12(2)11-23-19(17)22)25(16)8-4-9-28(26,27)15-7-6-13(20)10-14(15)21/h6-7,10-11H,3-5,8-9H2,1-2H3,(H2,22,23). The van der Waals surface area contributed by atoms with Gasteiger partial charge in [0.1, 0.15) is 27.9 Å². The molecule has 2 N–H and O–H groups in total. The zero-order valence-electron chi connectivity index (χ0n) is 15.7. The van der Waals surface area contributed by atoms with E-state index in [4.69, 9.17) is 5.73 Å². The highest BCUT2D eigenvalue weighted by Crippen LogP contribution is 2.25. The molecule has 0 aliphatic carbocycles. The van der Waals surface area contributed by atoms with Gasteiger partial charge in [-0.05, 0) is 37.5 Å². The molecule has 2 heterocycles. The van der Waals surface area contributed by atoms with E-state index in [1.54, 1.807) is 6.20 Å². The minimum absolute atomic E-state index is 0.253. The molecule has 0 aliphatic heterocycles. The van der Waals surface area contributed by atoms with Crippen LogP contribution in [0.1, 0.15) is 31.2 Å². The lowest BCUT2D eigenvalue weighted by Crippen LogP contribution is -2.13. The van der Waals surface area contributed by atoms with Gasteiger partial charge < -0.3 is 10.3 Å². The number of fused-ring (bicyclic) bond motifs is 1. The van der Waals surface area contributed by atoms with Gasteiger partial charge in [-0.25, -0.2) is 27.2 Å². The third kappa shape index (κ3) is 3.84. The van der Waals surface area contributed by atoms with Crippen LogP contribution in [0.15, 0.2) is 29.3 Å². The summed E-state index contributed by atoms with van der Waals surface area (Å²) in [6.07, 6.45) is 3.50. The fourth-order valence-corrected chi connectivity index (χ4v) is 4.63. The Morgan fingerprint density at radius 1 is 1.25 bits per heavy atom. The first-order valence-electron chi connectivity index (χ1n) is 9.02. The Morgan fingerprint density at radius 3 is 2.68 bits per heavy atom. The minimum atomic E-state index is -3.87. The minimum Gasteiger partial charge on any atom is -0.382 e. The summed E-state index contributed by atoms with van der Waals surface area (Å²) in [5, 5.41) is 0. The Labute approximate surface area is 162 Å². The predicted octanol–water partition coefficient (Wildman–Crippen LogP) is 3.42. The summed E-state index contributed by atoms with van der Waals surface area (Å²) in [6.45, 7) is 4.31. The maximum Gasteiger partial charge on any atom is 0.181 e. The van der Waals surface area contributed by atoms with Crippen LogP contribution < -0.4 is 5.73 Å². The second-order valence-electron chi connectivity index (χ2n) is 6.70. The largest absolute Gasteiger partial charge is 0.382 e. The summed E-state index contributed by atoms with van der Waals surface area (Å²) < 4.78 is 53.8. The van der Waals surface area contributed by atoms with Gasteiger partial charge in [0.05, 0.1) is 11.3 Å². The maximum absolute atomic E-state index is 13.9. The van der Waals surface area contributed by atoms with E-state index < -0.39 is 26.4 Å². The molecule has 2 aromatic heterocycles. The summed E-state index contributed by atoms with van der Waals surface area (Å²) in [5.41, 5.74) is 8.29. The second-order valence-corrected chi connectivity index (χ2v) is 8.78. The van der Waals surface area contributed by atoms with Crippen LogP contribution in [0.25, 0.3) is 11.0 Å². The van der Waals surface area contributed by atoms with Crippen LogP contribution >= 0.6 is 0 Å². The average Bonchev–Trinajstić information content (AvgIpc) is 2.98. The summed E-state index contributed by atoms with van der Waals surface area (Å²) in [4.78, 5) is 8.23. The molecule has 1 aromatic carbocycles. The fourth-order valence-electron chi connectivity index (χ4n) is 3.27. The molecule has 0 spiro atoms. The molecule has 0 saturated carbocycles. The van der Waals surface area contributed by atoms with Crippen LogP contribution in [0, 0.1) is 18.6 Å². The predicted molar refractivity (Wildman–Crippen MR) is 104 cm³/mol. The van der Waals surface area contributed by atoms with Crippen LogP contribution in [0.3, 0.4) is 0 Å². The molecule has 150 valence electrons. The van der Waals surface area contributed by atoms with Crippen molar-refractivity contribution in [2.75, 3.05) is 11.5 Å². The Kier molecular flexibility index (Phi) is 5.64. The first-order valence-corrected chi connectivity index (χ1v) is 10.7. The van der Waals surface area contributed by atoms with Crippen LogP contribution in [0.2, 0.25) is 0 Å². The smallest absolute Gasteiger partial charge is 0.181 e.